The fourth-order valence-corrected chi connectivity index (χ4v) is 1.67. The zero-order valence-corrected chi connectivity index (χ0v) is 8.37. The van der Waals surface area contributed by atoms with Crippen LogP contribution in [0.4, 0.5) is 0 Å². The molecule has 1 N–H and O–H groups in total. The van der Waals surface area contributed by atoms with E-state index in [4.69, 9.17) is 0 Å². The van der Waals surface area contributed by atoms with Crippen molar-refractivity contribution < 1.29 is 4.79 Å². The van der Waals surface area contributed by atoms with Crippen LogP contribution in [0, 0.1) is 0 Å². The van der Waals surface area contributed by atoms with E-state index in [1.54, 1.807) is 29.8 Å². The topological polar surface area (TPSA) is 70.0 Å². The van der Waals surface area contributed by atoms with E-state index in [-0.39, 0.29) is 11.9 Å². The number of hydrogen-bond acceptors (Lipinski definition) is 5. The third-order valence-corrected chi connectivity index (χ3v) is 2.49. The molecule has 1 amide bonds. The van der Waals surface area contributed by atoms with E-state index >= 15 is 0 Å². The van der Waals surface area contributed by atoms with Gasteiger partial charge in [0, 0.05) is 18.0 Å². The maximum absolute atomic E-state index is 11.7. The third kappa shape index (κ3) is 1.35. The van der Waals surface area contributed by atoms with Crippen molar-refractivity contribution in [3.05, 3.63) is 30.1 Å². The number of carbonyl (C=O) groups excluding carboxylic acids is 1. The average molecular weight is 215 g/mol. The maximum Gasteiger partial charge on any atom is 0.252 e. The van der Waals surface area contributed by atoms with Crippen molar-refractivity contribution in [2.75, 3.05) is 6.54 Å². The number of nitrogens with one attached hydrogen (secondary N) is 1. The van der Waals surface area contributed by atoms with Gasteiger partial charge < -0.3 is 5.32 Å². The molecule has 2 aliphatic heterocycles. The minimum absolute atomic E-state index is 0.0775. The summed E-state index contributed by atoms with van der Waals surface area (Å²) in [6.07, 6.45) is 4.92. The van der Waals surface area contributed by atoms with Gasteiger partial charge in [-0.1, -0.05) is 0 Å². The van der Waals surface area contributed by atoms with Gasteiger partial charge in [-0.05, 0) is 12.1 Å². The summed E-state index contributed by atoms with van der Waals surface area (Å²) in [5, 5.41) is 8.63. The molecule has 1 atom stereocenters. The number of nitrogens with zero attached hydrogens (tertiary/aromatic N) is 4. The number of amides is 1. The number of pyridine rings is 1. The Morgan fingerprint density at radius 3 is 3.25 bits per heavy atom. The van der Waals surface area contributed by atoms with Crippen molar-refractivity contribution in [1.29, 1.82) is 0 Å². The molecule has 0 radical (unpaired) electrons. The van der Waals surface area contributed by atoms with Gasteiger partial charge in [0.15, 0.2) is 11.9 Å². The van der Waals surface area contributed by atoms with E-state index in [0.29, 0.717) is 12.4 Å². The molecule has 16 heavy (non-hydrogen) atoms. The summed E-state index contributed by atoms with van der Waals surface area (Å²) in [6.45, 7) is 0.468. The molecular formula is C10H9N5O. The molecule has 0 saturated heterocycles. The van der Waals surface area contributed by atoms with E-state index in [2.05, 4.69) is 20.4 Å². The number of rotatable bonds is 1. The van der Waals surface area contributed by atoms with Crippen LogP contribution in [0.1, 0.15) is 5.56 Å². The second-order valence-electron chi connectivity index (χ2n) is 3.56. The number of amidine groups is 1. The first-order valence-corrected chi connectivity index (χ1v) is 4.93. The lowest BCUT2D eigenvalue weighted by atomic mass is 10.2. The number of aliphatic imine (C=N–C) groups is 1. The van der Waals surface area contributed by atoms with E-state index < -0.39 is 0 Å². The lowest BCUT2D eigenvalue weighted by Gasteiger charge is -2.25. The molecule has 0 spiro atoms. The first-order valence-electron chi connectivity index (χ1n) is 4.93. The summed E-state index contributed by atoms with van der Waals surface area (Å²) in [5.41, 5.74) is 0.787. The Hall–Kier alpha value is -2.24. The van der Waals surface area contributed by atoms with Gasteiger partial charge in [0.25, 0.3) is 5.91 Å². The van der Waals surface area contributed by atoms with E-state index in [1.165, 1.54) is 0 Å². The molecule has 1 unspecified atom stereocenters. The van der Waals surface area contributed by atoms with Gasteiger partial charge in [0.2, 0.25) is 0 Å². The van der Waals surface area contributed by atoms with Crippen molar-refractivity contribution in [3.8, 4) is 0 Å². The monoisotopic (exact) mass is 215 g/mol. The fraction of sp³-hybridized carbons (Fsp3) is 0.200. The van der Waals surface area contributed by atoms with Crippen LogP contribution in [0.25, 0.3) is 0 Å². The van der Waals surface area contributed by atoms with Gasteiger partial charge in [-0.25, -0.2) is 5.01 Å². The van der Waals surface area contributed by atoms with Gasteiger partial charge in [0.1, 0.15) is 6.34 Å². The number of hydrogen-bond donors (Lipinski definition) is 1. The molecule has 1 aromatic heterocycles. The number of fused-ring (bicyclic) bond motifs is 1. The lowest BCUT2D eigenvalue weighted by Crippen LogP contribution is -2.51. The second-order valence-corrected chi connectivity index (χ2v) is 3.56. The van der Waals surface area contributed by atoms with Crippen molar-refractivity contribution in [3.63, 3.8) is 0 Å². The predicted molar refractivity (Wildman–Crippen MR) is 57.9 cm³/mol. The van der Waals surface area contributed by atoms with Crippen molar-refractivity contribution in [2.45, 2.75) is 6.04 Å². The van der Waals surface area contributed by atoms with Crippen LogP contribution in [0.2, 0.25) is 0 Å². The van der Waals surface area contributed by atoms with Crippen LogP contribution in [0.15, 0.2) is 34.6 Å². The SMILES string of the molecule is O=C1NC(c2cccnc2)=NN2C=NCC12. The molecule has 0 saturated carbocycles. The maximum atomic E-state index is 11.7. The zero-order valence-electron chi connectivity index (χ0n) is 8.37. The van der Waals surface area contributed by atoms with Crippen molar-refractivity contribution in [1.82, 2.24) is 15.3 Å². The summed E-state index contributed by atoms with van der Waals surface area (Å²) < 4.78 is 0. The average Bonchev–Trinajstić information content (AvgIpc) is 2.79. The molecule has 0 bridgehead atoms. The molecule has 2 aliphatic rings. The van der Waals surface area contributed by atoms with E-state index in [9.17, 15) is 4.79 Å². The van der Waals surface area contributed by atoms with Crippen LogP contribution in [-0.2, 0) is 4.79 Å². The van der Waals surface area contributed by atoms with Gasteiger partial charge in [-0.3, -0.25) is 14.8 Å². The minimum atomic E-state index is -0.291. The predicted octanol–water partition coefficient (Wildman–Crippen LogP) is -0.415. The molecule has 3 heterocycles. The molecular weight excluding hydrogens is 206 g/mol. The van der Waals surface area contributed by atoms with E-state index in [1.807, 2.05) is 6.07 Å². The van der Waals surface area contributed by atoms with Crippen molar-refractivity contribution in [2.24, 2.45) is 10.1 Å². The highest BCUT2D eigenvalue weighted by Gasteiger charge is 2.32. The van der Waals surface area contributed by atoms with Crippen LogP contribution in [-0.4, -0.2) is 40.7 Å². The normalized spacial score (nSPS) is 22.8. The Morgan fingerprint density at radius 2 is 2.44 bits per heavy atom. The standard InChI is InChI=1S/C10H9N5O/c16-10-8-5-12-6-15(8)14-9(13-10)7-2-1-3-11-4-7/h1-4,6,8H,5H2,(H,13,14,16). The summed E-state index contributed by atoms with van der Waals surface area (Å²) in [4.78, 5) is 19.7. The molecule has 6 nitrogen and oxygen atoms in total. The van der Waals surface area contributed by atoms with Gasteiger partial charge in [0.05, 0.1) is 6.54 Å². The van der Waals surface area contributed by atoms with Crippen LogP contribution >= 0.6 is 0 Å². The zero-order chi connectivity index (χ0) is 11.0. The first kappa shape index (κ1) is 9.02. The molecule has 1 aromatic rings. The fourth-order valence-electron chi connectivity index (χ4n) is 1.67. The summed E-state index contributed by atoms with van der Waals surface area (Å²) >= 11 is 0. The quantitative estimate of drug-likeness (QED) is 0.692. The lowest BCUT2D eigenvalue weighted by molar-refractivity contribution is -0.123. The van der Waals surface area contributed by atoms with Crippen LogP contribution in [0.3, 0.4) is 0 Å². The molecule has 3 rings (SSSR count). The third-order valence-electron chi connectivity index (χ3n) is 2.49. The second kappa shape index (κ2) is 3.41. The Balaban J connectivity index is 1.97. The molecule has 80 valence electrons. The van der Waals surface area contributed by atoms with Gasteiger partial charge in [-0.15, -0.1) is 0 Å². The smallest absolute Gasteiger partial charge is 0.252 e. The van der Waals surface area contributed by atoms with Crippen molar-refractivity contribution >= 4 is 18.1 Å². The molecule has 0 fully saturated rings. The number of carbonyl (C=O) groups is 1. The van der Waals surface area contributed by atoms with Gasteiger partial charge >= 0.3 is 0 Å². The molecule has 0 aliphatic carbocycles. The first-order chi connectivity index (χ1) is 7.84. The van der Waals surface area contributed by atoms with Gasteiger partial charge in [-0.2, -0.15) is 5.10 Å². The number of aromatic nitrogens is 1. The Bertz CT molecular complexity index is 481. The highest BCUT2D eigenvalue weighted by atomic mass is 16.2. The van der Waals surface area contributed by atoms with E-state index in [0.717, 1.165) is 5.56 Å². The Labute approximate surface area is 91.7 Å². The molecule has 6 heteroatoms. The summed E-state index contributed by atoms with van der Waals surface area (Å²) in [7, 11) is 0. The highest BCUT2D eigenvalue weighted by Crippen LogP contribution is 2.12. The largest absolute Gasteiger partial charge is 0.307 e. The highest BCUT2D eigenvalue weighted by molar-refractivity contribution is 6.11. The van der Waals surface area contributed by atoms with Crippen LogP contribution < -0.4 is 5.32 Å². The van der Waals surface area contributed by atoms with Crippen LogP contribution in [0.5, 0.6) is 0 Å². The Morgan fingerprint density at radius 1 is 1.50 bits per heavy atom. The summed E-state index contributed by atoms with van der Waals surface area (Å²) in [5.74, 6) is 0.439. The summed E-state index contributed by atoms with van der Waals surface area (Å²) in [6, 6.07) is 3.36. The number of hydrazone groups is 1. The minimum Gasteiger partial charge on any atom is -0.307 e. The Kier molecular flexibility index (Phi) is 1.92. The molecule has 0 aromatic carbocycles.